The van der Waals surface area contributed by atoms with Crippen LogP contribution in [0.2, 0.25) is 0 Å². The van der Waals surface area contributed by atoms with E-state index in [1.807, 2.05) is 0 Å². The Kier molecular flexibility index (Phi) is 6.14. The van der Waals surface area contributed by atoms with Crippen LogP contribution in [0.3, 0.4) is 0 Å². The molecule has 0 aromatic carbocycles. The van der Waals surface area contributed by atoms with Crippen LogP contribution < -0.4 is 5.32 Å². The third kappa shape index (κ3) is 4.96. The smallest absolute Gasteiger partial charge is 0.00702 e. The third-order valence-electron chi connectivity index (χ3n) is 5.84. The number of hydrogen-bond acceptors (Lipinski definition) is 2. The maximum absolute atomic E-state index is 3.78. The predicted molar refractivity (Wildman–Crippen MR) is 92.6 cm³/mol. The van der Waals surface area contributed by atoms with E-state index in [9.17, 15) is 0 Å². The van der Waals surface area contributed by atoms with E-state index in [1.54, 1.807) is 0 Å². The van der Waals surface area contributed by atoms with Crippen molar-refractivity contribution < 1.29 is 0 Å². The summed E-state index contributed by atoms with van der Waals surface area (Å²) in [5.74, 6) is 2.59. The van der Waals surface area contributed by atoms with Gasteiger partial charge in [-0.3, -0.25) is 4.90 Å². The molecular weight excluding hydrogens is 256 g/mol. The Morgan fingerprint density at radius 3 is 2.29 bits per heavy atom. The lowest BCUT2D eigenvalue weighted by Gasteiger charge is -2.43. The van der Waals surface area contributed by atoms with Crippen molar-refractivity contribution in [3.8, 4) is 0 Å². The molecule has 1 aliphatic heterocycles. The van der Waals surface area contributed by atoms with Crippen LogP contribution in [0, 0.1) is 23.2 Å². The summed E-state index contributed by atoms with van der Waals surface area (Å²) in [4.78, 5) is 2.79. The number of likely N-dealkylation sites (tertiary alicyclic amines) is 1. The van der Waals surface area contributed by atoms with Gasteiger partial charge in [-0.05, 0) is 55.9 Å². The second-order valence-electron chi connectivity index (χ2n) is 8.83. The largest absolute Gasteiger partial charge is 0.316 e. The van der Waals surface area contributed by atoms with Crippen LogP contribution in [-0.4, -0.2) is 37.1 Å². The minimum absolute atomic E-state index is 0.541. The quantitative estimate of drug-likeness (QED) is 0.791. The molecule has 1 saturated heterocycles. The Morgan fingerprint density at radius 1 is 1.10 bits per heavy atom. The maximum atomic E-state index is 3.78. The molecule has 0 amide bonds. The highest BCUT2D eigenvalue weighted by Gasteiger charge is 2.38. The first-order chi connectivity index (χ1) is 9.90. The van der Waals surface area contributed by atoms with Crippen molar-refractivity contribution in [1.29, 1.82) is 0 Å². The van der Waals surface area contributed by atoms with Crippen LogP contribution in [0.1, 0.15) is 66.7 Å². The van der Waals surface area contributed by atoms with E-state index >= 15 is 0 Å². The lowest BCUT2D eigenvalue weighted by Crippen LogP contribution is -2.47. The van der Waals surface area contributed by atoms with Gasteiger partial charge in [0.1, 0.15) is 0 Å². The van der Waals surface area contributed by atoms with Gasteiger partial charge in [-0.1, -0.05) is 40.5 Å². The zero-order chi connectivity index (χ0) is 15.5. The normalized spacial score (nSPS) is 38.3. The third-order valence-corrected chi connectivity index (χ3v) is 5.84. The summed E-state index contributed by atoms with van der Waals surface area (Å²) in [6, 6.07) is 0.793. The summed E-state index contributed by atoms with van der Waals surface area (Å²) in [5.41, 5.74) is 0.541. The van der Waals surface area contributed by atoms with Crippen LogP contribution in [-0.2, 0) is 0 Å². The van der Waals surface area contributed by atoms with Crippen LogP contribution in [0.25, 0.3) is 0 Å². The summed E-state index contributed by atoms with van der Waals surface area (Å²) < 4.78 is 0. The Labute approximate surface area is 133 Å². The van der Waals surface area contributed by atoms with Crippen LogP contribution >= 0.6 is 0 Å². The van der Waals surface area contributed by atoms with E-state index in [0.29, 0.717) is 5.41 Å². The molecule has 0 aromatic rings. The highest BCUT2D eigenvalue weighted by molar-refractivity contribution is 4.92. The van der Waals surface area contributed by atoms with Gasteiger partial charge in [0.05, 0.1) is 0 Å². The van der Waals surface area contributed by atoms with Crippen molar-refractivity contribution in [2.45, 2.75) is 72.8 Å². The van der Waals surface area contributed by atoms with E-state index in [0.717, 1.165) is 23.8 Å². The van der Waals surface area contributed by atoms with E-state index in [4.69, 9.17) is 0 Å². The fourth-order valence-electron chi connectivity index (χ4n) is 4.43. The average molecular weight is 295 g/mol. The van der Waals surface area contributed by atoms with E-state index < -0.39 is 0 Å². The number of nitrogens with one attached hydrogen (secondary N) is 1. The molecule has 1 N–H and O–H groups in total. The molecule has 2 nitrogen and oxygen atoms in total. The summed E-state index contributed by atoms with van der Waals surface area (Å²) in [5, 5.41) is 3.78. The van der Waals surface area contributed by atoms with Gasteiger partial charge < -0.3 is 5.32 Å². The fourth-order valence-corrected chi connectivity index (χ4v) is 4.43. The van der Waals surface area contributed by atoms with Crippen molar-refractivity contribution >= 4 is 0 Å². The van der Waals surface area contributed by atoms with E-state index in [1.165, 1.54) is 58.3 Å². The Morgan fingerprint density at radius 2 is 1.76 bits per heavy atom. The molecule has 2 atom stereocenters. The van der Waals surface area contributed by atoms with Gasteiger partial charge in [0.25, 0.3) is 0 Å². The first-order valence-corrected chi connectivity index (χ1v) is 9.35. The highest BCUT2D eigenvalue weighted by Crippen LogP contribution is 2.40. The molecule has 2 aliphatic rings. The summed E-state index contributed by atoms with van der Waals surface area (Å²) in [6.45, 7) is 17.0. The summed E-state index contributed by atoms with van der Waals surface area (Å²) >= 11 is 0. The van der Waals surface area contributed by atoms with Crippen molar-refractivity contribution in [1.82, 2.24) is 10.2 Å². The minimum Gasteiger partial charge on any atom is -0.316 e. The second-order valence-corrected chi connectivity index (χ2v) is 8.83. The molecule has 1 aliphatic carbocycles. The molecule has 0 radical (unpaired) electrons. The van der Waals surface area contributed by atoms with Crippen LogP contribution in [0.5, 0.6) is 0 Å². The zero-order valence-electron chi connectivity index (χ0n) is 15.1. The van der Waals surface area contributed by atoms with Gasteiger partial charge in [0.2, 0.25) is 0 Å². The molecule has 124 valence electrons. The lowest BCUT2D eigenvalue weighted by molar-refractivity contribution is 0.0815. The summed E-state index contributed by atoms with van der Waals surface area (Å²) in [7, 11) is 0. The monoisotopic (exact) mass is 294 g/mol. The number of rotatable bonds is 6. The zero-order valence-corrected chi connectivity index (χ0v) is 15.1. The van der Waals surface area contributed by atoms with Gasteiger partial charge in [-0.25, -0.2) is 0 Å². The molecule has 21 heavy (non-hydrogen) atoms. The van der Waals surface area contributed by atoms with Crippen molar-refractivity contribution in [3.05, 3.63) is 0 Å². The van der Waals surface area contributed by atoms with Gasteiger partial charge in [0, 0.05) is 25.7 Å². The van der Waals surface area contributed by atoms with Crippen molar-refractivity contribution in [3.63, 3.8) is 0 Å². The maximum Gasteiger partial charge on any atom is 0.00702 e. The molecule has 2 unspecified atom stereocenters. The van der Waals surface area contributed by atoms with Gasteiger partial charge >= 0.3 is 0 Å². The first kappa shape index (κ1) is 17.3. The molecule has 1 saturated carbocycles. The van der Waals surface area contributed by atoms with Crippen LogP contribution in [0.4, 0.5) is 0 Å². The number of nitrogens with zero attached hydrogens (tertiary/aromatic N) is 1. The SMILES string of the molecule is CC(C)CNCC1(CN2CC(C)CC2C)CCC(C)CC1. The molecule has 2 fully saturated rings. The van der Waals surface area contributed by atoms with E-state index in [-0.39, 0.29) is 0 Å². The second kappa shape index (κ2) is 7.46. The topological polar surface area (TPSA) is 15.3 Å². The molecule has 0 bridgehead atoms. The molecule has 2 heteroatoms. The Hall–Kier alpha value is -0.0800. The average Bonchev–Trinajstić information content (AvgIpc) is 2.71. The van der Waals surface area contributed by atoms with Crippen molar-refractivity contribution in [2.24, 2.45) is 23.2 Å². The van der Waals surface area contributed by atoms with E-state index in [2.05, 4.69) is 44.8 Å². The molecule has 1 heterocycles. The summed E-state index contributed by atoms with van der Waals surface area (Å²) in [6.07, 6.45) is 7.11. The molecular formula is C19H38N2. The molecule has 0 spiro atoms. The standard InChI is InChI=1S/C19H38N2/c1-15(2)11-20-13-19(8-6-16(3)7-9-19)14-21-12-17(4)10-18(21)5/h15-18,20H,6-14H2,1-5H3. The van der Waals surface area contributed by atoms with Gasteiger partial charge in [-0.15, -0.1) is 0 Å². The lowest BCUT2D eigenvalue weighted by atomic mass is 9.70. The Balaban J connectivity index is 1.94. The van der Waals surface area contributed by atoms with Crippen molar-refractivity contribution in [2.75, 3.05) is 26.2 Å². The highest BCUT2D eigenvalue weighted by atomic mass is 15.2. The fraction of sp³-hybridized carbons (Fsp3) is 1.00. The van der Waals surface area contributed by atoms with Gasteiger partial charge in [-0.2, -0.15) is 0 Å². The Bertz CT molecular complexity index is 305. The predicted octanol–water partition coefficient (Wildman–Crippen LogP) is 4.16. The first-order valence-electron chi connectivity index (χ1n) is 9.35. The van der Waals surface area contributed by atoms with Gasteiger partial charge in [0.15, 0.2) is 0 Å². The minimum atomic E-state index is 0.541. The number of hydrogen-bond donors (Lipinski definition) is 1. The molecule has 0 aromatic heterocycles. The van der Waals surface area contributed by atoms with Crippen LogP contribution in [0.15, 0.2) is 0 Å². The molecule has 2 rings (SSSR count).